The first kappa shape index (κ1) is 17.0. The van der Waals surface area contributed by atoms with Gasteiger partial charge in [0.1, 0.15) is 0 Å². The highest BCUT2D eigenvalue weighted by Crippen LogP contribution is 2.23. The molecule has 0 radical (unpaired) electrons. The van der Waals surface area contributed by atoms with Gasteiger partial charge < -0.3 is 5.11 Å². The second-order valence-electron chi connectivity index (χ2n) is 5.43. The van der Waals surface area contributed by atoms with Crippen molar-refractivity contribution in [1.29, 1.82) is 0 Å². The number of para-hydroxylation sites is 1. The summed E-state index contributed by atoms with van der Waals surface area (Å²) in [6.45, 7) is 0. The van der Waals surface area contributed by atoms with Crippen LogP contribution in [0.3, 0.4) is 0 Å². The molecule has 0 aliphatic heterocycles. The van der Waals surface area contributed by atoms with Gasteiger partial charge in [-0.1, -0.05) is 36.4 Å². The Bertz CT molecular complexity index is 1070. The predicted octanol–water partition coefficient (Wildman–Crippen LogP) is 3.34. The van der Waals surface area contributed by atoms with Crippen molar-refractivity contribution >= 4 is 40.0 Å². The molecule has 0 amide bonds. The Hall–Kier alpha value is -3.87. The van der Waals surface area contributed by atoms with Crippen LogP contribution in [0.5, 0.6) is 0 Å². The third-order valence-corrected chi connectivity index (χ3v) is 3.71. The zero-order valence-corrected chi connectivity index (χ0v) is 13.3. The van der Waals surface area contributed by atoms with Crippen molar-refractivity contribution in [2.45, 2.75) is 0 Å². The van der Waals surface area contributed by atoms with Gasteiger partial charge in [-0.05, 0) is 23.8 Å². The highest BCUT2D eigenvalue weighted by atomic mass is 16.6. The lowest BCUT2D eigenvalue weighted by Gasteiger charge is -2.06. The zero-order valence-electron chi connectivity index (χ0n) is 13.3. The van der Waals surface area contributed by atoms with E-state index in [-0.39, 0.29) is 17.0 Å². The van der Waals surface area contributed by atoms with Gasteiger partial charge in [0.05, 0.1) is 21.7 Å². The Morgan fingerprint density at radius 2 is 1.81 bits per heavy atom. The van der Waals surface area contributed by atoms with E-state index in [1.54, 1.807) is 30.3 Å². The number of fused-ring (bicyclic) bond motifs is 1. The summed E-state index contributed by atoms with van der Waals surface area (Å²) in [7, 11) is 0. The fourth-order valence-electron chi connectivity index (χ4n) is 2.48. The second kappa shape index (κ2) is 6.94. The van der Waals surface area contributed by atoms with Crippen LogP contribution in [0.15, 0.2) is 60.7 Å². The van der Waals surface area contributed by atoms with E-state index in [9.17, 15) is 19.7 Å². The third kappa shape index (κ3) is 3.46. The van der Waals surface area contributed by atoms with Crippen LogP contribution < -0.4 is 0 Å². The summed E-state index contributed by atoms with van der Waals surface area (Å²) >= 11 is 0. The minimum Gasteiger partial charge on any atom is -0.475 e. The number of aromatic nitrogens is 1. The van der Waals surface area contributed by atoms with Crippen molar-refractivity contribution in [3.05, 3.63) is 82.0 Å². The predicted molar refractivity (Wildman–Crippen MR) is 95.4 cm³/mol. The molecule has 3 aromatic rings. The number of Topliss-reactive ketones (excluding diaryl/α,β-unsaturated/α-hetero) is 1. The first-order valence-electron chi connectivity index (χ1n) is 7.55. The van der Waals surface area contributed by atoms with Gasteiger partial charge >= 0.3 is 5.97 Å². The molecule has 0 atom stereocenters. The number of non-ortho nitro benzene ring substituents is 1. The van der Waals surface area contributed by atoms with E-state index in [1.807, 2.05) is 12.1 Å². The molecule has 0 fully saturated rings. The molecule has 1 N–H and O–H groups in total. The number of carboxylic acid groups (broad SMARTS) is 1. The quantitative estimate of drug-likeness (QED) is 0.328. The van der Waals surface area contributed by atoms with Crippen LogP contribution in [0, 0.1) is 10.1 Å². The first-order chi connectivity index (χ1) is 12.5. The van der Waals surface area contributed by atoms with Gasteiger partial charge in [-0.15, -0.1) is 0 Å². The van der Waals surface area contributed by atoms with Crippen molar-refractivity contribution in [3.8, 4) is 0 Å². The summed E-state index contributed by atoms with van der Waals surface area (Å²) in [5.41, 5.74) is 0.811. The van der Waals surface area contributed by atoms with Crippen molar-refractivity contribution in [1.82, 2.24) is 4.98 Å². The fraction of sp³-hybridized carbons (Fsp3) is 0. The number of ketones is 1. The largest absolute Gasteiger partial charge is 0.475 e. The number of carbonyl (C=O) groups is 2. The number of nitro groups is 1. The Kier molecular flexibility index (Phi) is 4.53. The number of pyridine rings is 1. The molecule has 0 aliphatic rings. The molecule has 7 nitrogen and oxygen atoms in total. The topological polar surface area (TPSA) is 110 Å². The van der Waals surface area contributed by atoms with E-state index >= 15 is 0 Å². The molecule has 3 rings (SSSR count). The van der Waals surface area contributed by atoms with E-state index in [1.165, 1.54) is 24.3 Å². The van der Waals surface area contributed by atoms with E-state index in [0.29, 0.717) is 11.1 Å². The van der Waals surface area contributed by atoms with E-state index in [2.05, 4.69) is 4.98 Å². The summed E-state index contributed by atoms with van der Waals surface area (Å²) in [5.74, 6) is -2.77. The van der Waals surface area contributed by atoms with Crippen LogP contribution in [0.4, 0.5) is 5.69 Å². The molecule has 7 heteroatoms. The maximum absolute atomic E-state index is 12.2. The smallest absolute Gasteiger partial charge is 0.377 e. The SMILES string of the molecule is O=C(O)C(=O)/C(=C\c1cccc([N+](=O)[O-])c1)c1ccc2ccccc2n1. The van der Waals surface area contributed by atoms with Crippen LogP contribution in [-0.2, 0) is 9.59 Å². The van der Waals surface area contributed by atoms with E-state index in [4.69, 9.17) is 5.11 Å². The van der Waals surface area contributed by atoms with Crippen LogP contribution in [-0.4, -0.2) is 26.8 Å². The first-order valence-corrected chi connectivity index (χ1v) is 7.55. The fourth-order valence-corrected chi connectivity index (χ4v) is 2.48. The monoisotopic (exact) mass is 348 g/mol. The van der Waals surface area contributed by atoms with Gasteiger partial charge in [0.15, 0.2) is 0 Å². The average Bonchev–Trinajstić information content (AvgIpc) is 2.65. The van der Waals surface area contributed by atoms with Gasteiger partial charge in [0, 0.05) is 17.5 Å². The molecule has 0 aliphatic carbocycles. The minimum atomic E-state index is -1.63. The summed E-state index contributed by atoms with van der Waals surface area (Å²) in [6, 6.07) is 16.1. The molecule has 2 aromatic carbocycles. The second-order valence-corrected chi connectivity index (χ2v) is 5.43. The van der Waals surface area contributed by atoms with Crippen molar-refractivity contribution in [2.75, 3.05) is 0 Å². The normalized spacial score (nSPS) is 11.3. The van der Waals surface area contributed by atoms with Gasteiger partial charge in [0.2, 0.25) is 0 Å². The number of hydrogen-bond acceptors (Lipinski definition) is 5. The highest BCUT2D eigenvalue weighted by Gasteiger charge is 2.21. The van der Waals surface area contributed by atoms with Crippen LogP contribution >= 0.6 is 0 Å². The number of carboxylic acids is 1. The van der Waals surface area contributed by atoms with Crippen molar-refractivity contribution in [2.24, 2.45) is 0 Å². The van der Waals surface area contributed by atoms with Crippen LogP contribution in [0.1, 0.15) is 11.3 Å². The number of aliphatic carboxylic acids is 1. The molecule has 128 valence electrons. The molecule has 0 spiro atoms. The lowest BCUT2D eigenvalue weighted by Crippen LogP contribution is -2.15. The number of rotatable bonds is 5. The van der Waals surface area contributed by atoms with E-state index in [0.717, 1.165) is 5.39 Å². The summed E-state index contributed by atoms with van der Waals surface area (Å²) < 4.78 is 0. The number of nitro benzene ring substituents is 1. The van der Waals surface area contributed by atoms with Crippen molar-refractivity contribution < 1.29 is 19.6 Å². The molecule has 0 saturated carbocycles. The maximum atomic E-state index is 12.2. The minimum absolute atomic E-state index is 0.149. The van der Waals surface area contributed by atoms with Gasteiger partial charge in [-0.2, -0.15) is 0 Å². The van der Waals surface area contributed by atoms with Crippen molar-refractivity contribution in [3.63, 3.8) is 0 Å². The highest BCUT2D eigenvalue weighted by molar-refractivity contribution is 6.52. The van der Waals surface area contributed by atoms with Gasteiger partial charge in [-0.3, -0.25) is 14.9 Å². The molecular formula is C19H12N2O5. The Morgan fingerprint density at radius 3 is 2.54 bits per heavy atom. The van der Waals surface area contributed by atoms with Crippen LogP contribution in [0.25, 0.3) is 22.6 Å². The number of carbonyl (C=O) groups excluding carboxylic acids is 1. The van der Waals surface area contributed by atoms with Crippen LogP contribution in [0.2, 0.25) is 0 Å². The standard InChI is InChI=1S/C19H12N2O5/c22-18(19(23)24)15(11-12-4-3-6-14(10-12)21(25)26)17-9-8-13-5-1-2-7-16(13)20-17/h1-11H,(H,23,24)/b15-11-. The molecule has 0 unspecified atom stereocenters. The molecule has 1 aromatic heterocycles. The molecule has 1 heterocycles. The molecule has 0 saturated heterocycles. The van der Waals surface area contributed by atoms with Gasteiger partial charge in [-0.25, -0.2) is 9.78 Å². The Labute approximate surface area is 147 Å². The lowest BCUT2D eigenvalue weighted by atomic mass is 10.0. The molecule has 0 bridgehead atoms. The maximum Gasteiger partial charge on any atom is 0.377 e. The summed E-state index contributed by atoms with van der Waals surface area (Å²) in [4.78, 5) is 38.1. The summed E-state index contributed by atoms with van der Waals surface area (Å²) in [5, 5.41) is 20.9. The van der Waals surface area contributed by atoms with E-state index < -0.39 is 16.7 Å². The number of nitrogens with zero attached hydrogens (tertiary/aromatic N) is 2. The number of benzene rings is 2. The Balaban J connectivity index is 2.15. The lowest BCUT2D eigenvalue weighted by molar-refractivity contribution is -0.384. The van der Waals surface area contributed by atoms with Gasteiger partial charge in [0.25, 0.3) is 11.5 Å². The average molecular weight is 348 g/mol. The molecule has 26 heavy (non-hydrogen) atoms. The molecular weight excluding hydrogens is 336 g/mol. The summed E-state index contributed by atoms with van der Waals surface area (Å²) in [6.07, 6.45) is 1.29. The Morgan fingerprint density at radius 1 is 1.04 bits per heavy atom. The third-order valence-electron chi connectivity index (χ3n) is 3.71. The zero-order chi connectivity index (χ0) is 18.7. The number of hydrogen-bond donors (Lipinski definition) is 1.